The molecule has 54 valence electrons. The quantitative estimate of drug-likeness (QED) is 0.495. The van der Waals surface area contributed by atoms with Gasteiger partial charge in [0.05, 0.1) is 0 Å². The van der Waals surface area contributed by atoms with Gasteiger partial charge < -0.3 is 9.53 Å². The summed E-state index contributed by atoms with van der Waals surface area (Å²) in [6.07, 6.45) is 0. The van der Waals surface area contributed by atoms with E-state index in [0.29, 0.717) is 6.47 Å². The maximum Gasteiger partial charge on any atom is 0.293 e. The first-order valence-electron chi connectivity index (χ1n) is 2.46. The van der Waals surface area contributed by atoms with Gasteiger partial charge in [0.2, 0.25) is 0 Å². The van der Waals surface area contributed by atoms with Crippen molar-refractivity contribution < 1.29 is 14.3 Å². The molecule has 0 aromatic heterocycles. The predicted molar refractivity (Wildman–Crippen MR) is 34.0 cm³/mol. The van der Waals surface area contributed by atoms with Crippen LogP contribution in [0.3, 0.4) is 0 Å². The number of hydrogen-bond acceptors (Lipinski definition) is 3. The molecule has 0 amide bonds. The van der Waals surface area contributed by atoms with Gasteiger partial charge in [0.1, 0.15) is 12.4 Å². The lowest BCUT2D eigenvalue weighted by atomic mass is 10.2. The molecule has 0 bridgehead atoms. The van der Waals surface area contributed by atoms with E-state index < -0.39 is 0 Å². The Balaban J connectivity index is 0. The molecule has 0 heterocycles. The van der Waals surface area contributed by atoms with Crippen molar-refractivity contribution in [2.75, 3.05) is 0 Å². The van der Waals surface area contributed by atoms with E-state index in [0.717, 1.165) is 0 Å². The Kier molecular flexibility index (Phi) is 6.46. The predicted octanol–water partition coefficient (Wildman–Crippen LogP) is 0.773. The largest absolute Gasteiger partial charge is 0.462 e. The van der Waals surface area contributed by atoms with Crippen molar-refractivity contribution in [2.24, 2.45) is 0 Å². The molecule has 0 unspecified atom stereocenters. The second kappa shape index (κ2) is 5.28. The summed E-state index contributed by atoms with van der Waals surface area (Å²) in [4.78, 5) is 17.6. The molecule has 0 aliphatic rings. The molecule has 0 radical (unpaired) electrons. The average molecular weight is 132 g/mol. The molecular formula is C6H12O3. The van der Waals surface area contributed by atoms with Gasteiger partial charge >= 0.3 is 0 Å². The molecule has 0 saturated carbocycles. The van der Waals surface area contributed by atoms with Gasteiger partial charge in [0, 0.05) is 0 Å². The SMILES string of the molecule is C=O.CC(C)(C)OC=O. The maximum absolute atomic E-state index is 9.60. The highest BCUT2D eigenvalue weighted by molar-refractivity contribution is 5.37. The summed E-state index contributed by atoms with van der Waals surface area (Å²) in [6.45, 7) is 7.92. The zero-order valence-electron chi connectivity index (χ0n) is 6.01. The lowest BCUT2D eigenvalue weighted by Crippen LogP contribution is -2.17. The molecule has 0 N–H and O–H groups in total. The van der Waals surface area contributed by atoms with Crippen molar-refractivity contribution in [2.45, 2.75) is 26.4 Å². The van der Waals surface area contributed by atoms with Gasteiger partial charge in [-0.3, -0.25) is 4.79 Å². The van der Waals surface area contributed by atoms with Crippen LogP contribution >= 0.6 is 0 Å². The van der Waals surface area contributed by atoms with Crippen LogP contribution in [0, 0.1) is 0 Å². The molecule has 3 heteroatoms. The van der Waals surface area contributed by atoms with Crippen LogP contribution in [-0.4, -0.2) is 18.9 Å². The summed E-state index contributed by atoms with van der Waals surface area (Å²) in [5.74, 6) is 0. The number of rotatable bonds is 1. The van der Waals surface area contributed by atoms with Crippen molar-refractivity contribution in [3.63, 3.8) is 0 Å². The molecule has 0 saturated heterocycles. The Morgan fingerprint density at radius 1 is 1.33 bits per heavy atom. The van der Waals surface area contributed by atoms with Crippen LogP contribution in [0.2, 0.25) is 0 Å². The minimum atomic E-state index is -0.318. The molecule has 0 aliphatic carbocycles. The van der Waals surface area contributed by atoms with Gasteiger partial charge in [0.15, 0.2) is 0 Å². The van der Waals surface area contributed by atoms with Crippen LogP contribution in [0.4, 0.5) is 0 Å². The van der Waals surface area contributed by atoms with Crippen molar-refractivity contribution >= 4 is 13.3 Å². The van der Waals surface area contributed by atoms with E-state index in [4.69, 9.17) is 4.79 Å². The second-order valence-electron chi connectivity index (χ2n) is 2.33. The van der Waals surface area contributed by atoms with Gasteiger partial charge in [-0.15, -0.1) is 0 Å². The molecule has 0 aromatic carbocycles. The highest BCUT2D eigenvalue weighted by Gasteiger charge is 2.07. The van der Waals surface area contributed by atoms with Gasteiger partial charge in [-0.25, -0.2) is 0 Å². The molecule has 0 aromatic rings. The summed E-state index contributed by atoms with van der Waals surface area (Å²) in [5.41, 5.74) is -0.318. The third-order valence-electron chi connectivity index (χ3n) is 0.402. The summed E-state index contributed by atoms with van der Waals surface area (Å²) < 4.78 is 4.55. The van der Waals surface area contributed by atoms with Crippen LogP contribution in [0.15, 0.2) is 0 Å². The van der Waals surface area contributed by atoms with Gasteiger partial charge in [-0.2, -0.15) is 0 Å². The number of carbonyl (C=O) groups excluding carboxylic acids is 2. The molecule has 9 heavy (non-hydrogen) atoms. The first-order chi connectivity index (χ1) is 4.06. The minimum Gasteiger partial charge on any atom is -0.462 e. The van der Waals surface area contributed by atoms with E-state index in [9.17, 15) is 4.79 Å². The van der Waals surface area contributed by atoms with E-state index in [2.05, 4.69) is 4.74 Å². The van der Waals surface area contributed by atoms with Crippen molar-refractivity contribution in [1.29, 1.82) is 0 Å². The smallest absolute Gasteiger partial charge is 0.293 e. The molecule has 0 aliphatic heterocycles. The first-order valence-corrected chi connectivity index (χ1v) is 2.46. The Hall–Kier alpha value is -0.860. The number of hydrogen-bond donors (Lipinski definition) is 0. The van der Waals surface area contributed by atoms with E-state index in [-0.39, 0.29) is 5.60 Å². The van der Waals surface area contributed by atoms with Crippen molar-refractivity contribution in [1.82, 2.24) is 0 Å². The molecule has 3 nitrogen and oxygen atoms in total. The molecule has 0 fully saturated rings. The van der Waals surface area contributed by atoms with Crippen molar-refractivity contribution in [3.8, 4) is 0 Å². The van der Waals surface area contributed by atoms with Crippen molar-refractivity contribution in [3.05, 3.63) is 0 Å². The lowest BCUT2D eigenvalue weighted by molar-refractivity contribution is -0.138. The van der Waals surface area contributed by atoms with Gasteiger partial charge in [-0.1, -0.05) is 0 Å². The van der Waals surface area contributed by atoms with Crippen LogP contribution in [0.25, 0.3) is 0 Å². The second-order valence-corrected chi connectivity index (χ2v) is 2.33. The Morgan fingerprint density at radius 3 is 1.67 bits per heavy atom. The Morgan fingerprint density at radius 2 is 1.67 bits per heavy atom. The standard InChI is InChI=1S/C5H10O2.CH2O/c1-5(2,3)7-4-6;1-2/h4H,1-3H3;1H2. The first kappa shape index (κ1) is 11.0. The number of ether oxygens (including phenoxy) is 1. The third-order valence-corrected chi connectivity index (χ3v) is 0.402. The fraction of sp³-hybridized carbons (Fsp3) is 0.667. The van der Waals surface area contributed by atoms with Crippen LogP contribution < -0.4 is 0 Å². The zero-order chi connectivity index (χ0) is 7.91. The van der Waals surface area contributed by atoms with Crippen LogP contribution in [0.1, 0.15) is 20.8 Å². The van der Waals surface area contributed by atoms with E-state index in [1.165, 1.54) is 0 Å². The summed E-state index contributed by atoms with van der Waals surface area (Å²) in [5, 5.41) is 0. The monoisotopic (exact) mass is 132 g/mol. The Labute approximate surface area is 55.0 Å². The van der Waals surface area contributed by atoms with E-state index in [1.54, 1.807) is 0 Å². The van der Waals surface area contributed by atoms with Gasteiger partial charge in [0.25, 0.3) is 6.47 Å². The highest BCUT2D eigenvalue weighted by Crippen LogP contribution is 2.02. The fourth-order valence-electron chi connectivity index (χ4n) is 0.144. The topological polar surface area (TPSA) is 43.4 Å². The summed E-state index contributed by atoms with van der Waals surface area (Å²) in [6, 6.07) is 0. The average Bonchev–Trinajstić information content (AvgIpc) is 1.69. The van der Waals surface area contributed by atoms with Gasteiger partial charge in [-0.05, 0) is 20.8 Å². The van der Waals surface area contributed by atoms with Crippen LogP contribution in [-0.2, 0) is 14.3 Å². The molecular weight excluding hydrogens is 120 g/mol. The summed E-state index contributed by atoms with van der Waals surface area (Å²) in [7, 11) is 0. The zero-order valence-corrected chi connectivity index (χ0v) is 6.01. The molecule has 0 rings (SSSR count). The normalized spacial score (nSPS) is 8.78. The number of carbonyl (C=O) groups is 2. The lowest BCUT2D eigenvalue weighted by Gasteiger charge is -2.14. The Bertz CT molecular complexity index is 72.9. The fourth-order valence-corrected chi connectivity index (χ4v) is 0.144. The highest BCUT2D eigenvalue weighted by atomic mass is 16.5. The van der Waals surface area contributed by atoms with Crippen LogP contribution in [0.5, 0.6) is 0 Å². The maximum atomic E-state index is 9.60. The summed E-state index contributed by atoms with van der Waals surface area (Å²) >= 11 is 0. The molecule has 0 spiro atoms. The van der Waals surface area contributed by atoms with E-state index in [1.807, 2.05) is 27.6 Å². The molecule has 0 atom stereocenters. The van der Waals surface area contributed by atoms with E-state index >= 15 is 0 Å². The minimum absolute atomic E-state index is 0.318. The third kappa shape index (κ3) is 19.1.